The fourth-order valence-electron chi connectivity index (χ4n) is 1.42. The summed E-state index contributed by atoms with van der Waals surface area (Å²) in [5.74, 6) is -2.13. The highest BCUT2D eigenvalue weighted by Gasteiger charge is 2.11. The number of carboxylic acid groups (broad SMARTS) is 1. The summed E-state index contributed by atoms with van der Waals surface area (Å²) in [4.78, 5) is 42.4. The quantitative estimate of drug-likeness (QED) is 0.497. The predicted molar refractivity (Wildman–Crippen MR) is 69.5 cm³/mol. The number of primary amides is 2. The van der Waals surface area contributed by atoms with Gasteiger partial charge in [-0.05, 0) is 19.3 Å². The highest BCUT2D eigenvalue weighted by atomic mass is 16.4. The zero-order chi connectivity index (χ0) is 15.5. The van der Waals surface area contributed by atoms with Gasteiger partial charge in [-0.1, -0.05) is 0 Å². The van der Waals surface area contributed by atoms with E-state index in [9.17, 15) is 19.2 Å². The van der Waals surface area contributed by atoms with Crippen LogP contribution in [0.3, 0.4) is 0 Å². The van der Waals surface area contributed by atoms with Crippen molar-refractivity contribution >= 4 is 23.9 Å². The first-order valence-corrected chi connectivity index (χ1v) is 5.88. The largest absolute Gasteiger partial charge is 0.478 e. The minimum Gasteiger partial charge on any atom is -0.478 e. The fraction of sp³-hybridized carbons (Fsp3) is 0.455. The topological polar surface area (TPSA) is 156 Å². The van der Waals surface area contributed by atoms with Crippen molar-refractivity contribution in [3.05, 3.63) is 12.2 Å². The van der Waals surface area contributed by atoms with Crippen LogP contribution in [-0.4, -0.2) is 47.0 Å². The number of imide groups is 1. The molecule has 0 bridgehead atoms. The molecule has 0 aromatic rings. The Morgan fingerprint density at radius 3 is 1.90 bits per heavy atom. The molecule has 9 heteroatoms. The Labute approximate surface area is 115 Å². The number of carboxylic acids is 1. The third-order valence-corrected chi connectivity index (χ3v) is 2.29. The number of nitrogens with one attached hydrogen (secondary N) is 1. The van der Waals surface area contributed by atoms with E-state index in [0.29, 0.717) is 12.2 Å². The average molecular weight is 286 g/mol. The van der Waals surface area contributed by atoms with Crippen LogP contribution in [-0.2, 0) is 9.59 Å². The van der Waals surface area contributed by atoms with Crippen LogP contribution in [0.15, 0.2) is 12.2 Å². The fourth-order valence-corrected chi connectivity index (χ4v) is 1.42. The molecule has 1 saturated heterocycles. The Balaban J connectivity index is 0.000000367. The minimum atomic E-state index is -1.27. The summed E-state index contributed by atoms with van der Waals surface area (Å²) in [5.41, 5.74) is 9.60. The Hall–Kier alpha value is -2.58. The molecule has 0 unspecified atom stereocenters. The molecule has 0 radical (unpaired) electrons. The summed E-state index contributed by atoms with van der Waals surface area (Å²) >= 11 is 0. The van der Waals surface area contributed by atoms with Gasteiger partial charge in [0.1, 0.15) is 0 Å². The summed E-state index contributed by atoms with van der Waals surface area (Å²) in [6, 6.07) is -1.29. The maximum atomic E-state index is 10.5. The smallest absolute Gasteiger partial charge is 0.328 e. The number of nitrogens with two attached hydrogens (primary N) is 2. The third-order valence-electron chi connectivity index (χ3n) is 2.29. The predicted octanol–water partition coefficient (Wildman–Crippen LogP) is -0.627. The number of carbonyl (C=O) groups is 4. The van der Waals surface area contributed by atoms with Crippen molar-refractivity contribution in [1.29, 1.82) is 0 Å². The maximum Gasteiger partial charge on any atom is 0.328 e. The first-order valence-electron chi connectivity index (χ1n) is 5.88. The number of hydrogen-bond acceptors (Lipinski definition) is 4. The second-order valence-corrected chi connectivity index (χ2v) is 3.91. The van der Waals surface area contributed by atoms with Gasteiger partial charge in [-0.3, -0.25) is 10.1 Å². The molecule has 0 spiro atoms. The van der Waals surface area contributed by atoms with Crippen molar-refractivity contribution < 1.29 is 24.3 Å². The molecule has 20 heavy (non-hydrogen) atoms. The van der Waals surface area contributed by atoms with Crippen LogP contribution in [0.4, 0.5) is 9.59 Å². The number of hydrogen-bond donors (Lipinski definition) is 4. The molecule has 0 aromatic carbocycles. The lowest BCUT2D eigenvalue weighted by atomic mass is 10.1. The molecule has 112 valence electrons. The van der Waals surface area contributed by atoms with Crippen molar-refractivity contribution in [2.45, 2.75) is 19.3 Å². The zero-order valence-corrected chi connectivity index (χ0v) is 10.9. The van der Waals surface area contributed by atoms with E-state index in [4.69, 9.17) is 10.8 Å². The van der Waals surface area contributed by atoms with E-state index in [2.05, 4.69) is 5.73 Å². The van der Waals surface area contributed by atoms with Crippen molar-refractivity contribution in [1.82, 2.24) is 10.2 Å². The zero-order valence-electron chi connectivity index (χ0n) is 10.9. The van der Waals surface area contributed by atoms with Crippen LogP contribution < -0.4 is 16.8 Å². The molecule has 1 aliphatic rings. The molecule has 1 fully saturated rings. The Kier molecular flexibility index (Phi) is 8.16. The van der Waals surface area contributed by atoms with E-state index in [1.165, 1.54) is 6.42 Å². The number of carbonyl (C=O) groups excluding carboxylic acids is 3. The van der Waals surface area contributed by atoms with Gasteiger partial charge in [-0.2, -0.15) is 0 Å². The van der Waals surface area contributed by atoms with E-state index in [0.717, 1.165) is 25.9 Å². The SMILES string of the molecule is NC(=O)N1CCCCC1.NC(=O)NC(=O)/C=C\C(=O)O. The van der Waals surface area contributed by atoms with Gasteiger partial charge in [0.2, 0.25) is 0 Å². The number of rotatable bonds is 2. The van der Waals surface area contributed by atoms with Gasteiger partial charge in [-0.25, -0.2) is 14.4 Å². The van der Waals surface area contributed by atoms with Crippen LogP contribution in [0.2, 0.25) is 0 Å². The van der Waals surface area contributed by atoms with Gasteiger partial charge in [-0.15, -0.1) is 0 Å². The van der Waals surface area contributed by atoms with Gasteiger partial charge >= 0.3 is 18.0 Å². The van der Waals surface area contributed by atoms with E-state index in [-0.39, 0.29) is 6.03 Å². The molecule has 9 nitrogen and oxygen atoms in total. The number of amides is 5. The molecule has 0 atom stereocenters. The van der Waals surface area contributed by atoms with Gasteiger partial charge in [0.05, 0.1) is 0 Å². The average Bonchev–Trinajstić information content (AvgIpc) is 2.37. The Morgan fingerprint density at radius 2 is 1.55 bits per heavy atom. The highest BCUT2D eigenvalue weighted by molar-refractivity contribution is 6.02. The lowest BCUT2D eigenvalue weighted by Gasteiger charge is -2.24. The lowest BCUT2D eigenvalue weighted by Crippen LogP contribution is -2.39. The molecule has 0 aliphatic carbocycles. The summed E-state index contributed by atoms with van der Waals surface area (Å²) < 4.78 is 0. The number of likely N-dealkylation sites (tertiary alicyclic amines) is 1. The Bertz CT molecular complexity index is 402. The summed E-state index contributed by atoms with van der Waals surface area (Å²) in [5, 5.41) is 9.66. The van der Waals surface area contributed by atoms with E-state index >= 15 is 0 Å². The number of aliphatic carboxylic acids is 1. The van der Waals surface area contributed by atoms with Crippen LogP contribution in [0, 0.1) is 0 Å². The first-order chi connectivity index (χ1) is 9.32. The highest BCUT2D eigenvalue weighted by Crippen LogP contribution is 2.07. The van der Waals surface area contributed by atoms with Gasteiger partial charge in [0.15, 0.2) is 0 Å². The van der Waals surface area contributed by atoms with E-state index in [1.54, 1.807) is 10.2 Å². The standard InChI is InChI=1S/C6H12N2O.C5H6N2O4/c7-6(9)8-4-2-1-3-5-8;6-5(11)7-3(8)1-2-4(9)10/h1-5H2,(H2,7,9);1-2H,(H,9,10)(H3,6,7,8,11)/b;2-1-. The first kappa shape index (κ1) is 17.4. The van der Waals surface area contributed by atoms with Crippen molar-refractivity contribution in [2.24, 2.45) is 11.5 Å². The molecule has 0 aromatic heterocycles. The van der Waals surface area contributed by atoms with Gasteiger partial charge in [0.25, 0.3) is 5.91 Å². The minimum absolute atomic E-state index is 0.269. The normalized spacial score (nSPS) is 14.1. The lowest BCUT2D eigenvalue weighted by molar-refractivity contribution is -0.131. The van der Waals surface area contributed by atoms with Gasteiger partial charge in [0, 0.05) is 25.2 Å². The maximum absolute atomic E-state index is 10.5. The van der Waals surface area contributed by atoms with Crippen LogP contribution >= 0.6 is 0 Å². The van der Waals surface area contributed by atoms with E-state index < -0.39 is 17.9 Å². The summed E-state index contributed by atoms with van der Waals surface area (Å²) in [6.07, 6.45) is 4.75. The molecule has 6 N–H and O–H groups in total. The molecule has 0 saturated carbocycles. The number of nitrogens with zero attached hydrogens (tertiary/aromatic N) is 1. The monoisotopic (exact) mass is 286 g/mol. The number of piperidine rings is 1. The molecule has 1 aliphatic heterocycles. The van der Waals surface area contributed by atoms with E-state index in [1.807, 2.05) is 0 Å². The van der Waals surface area contributed by atoms with Crippen molar-refractivity contribution in [2.75, 3.05) is 13.1 Å². The second kappa shape index (κ2) is 9.36. The molecule has 1 heterocycles. The third kappa shape index (κ3) is 9.45. The summed E-state index contributed by atoms with van der Waals surface area (Å²) in [6.45, 7) is 1.71. The van der Waals surface area contributed by atoms with Crippen LogP contribution in [0.25, 0.3) is 0 Å². The van der Waals surface area contributed by atoms with Crippen LogP contribution in [0.1, 0.15) is 19.3 Å². The van der Waals surface area contributed by atoms with Crippen molar-refractivity contribution in [3.63, 3.8) is 0 Å². The molecule has 5 amide bonds. The summed E-state index contributed by atoms with van der Waals surface area (Å²) in [7, 11) is 0. The van der Waals surface area contributed by atoms with Gasteiger partial charge < -0.3 is 21.5 Å². The molecule has 1 rings (SSSR count). The number of urea groups is 2. The van der Waals surface area contributed by atoms with Crippen molar-refractivity contribution in [3.8, 4) is 0 Å². The van der Waals surface area contributed by atoms with Crippen LogP contribution in [0.5, 0.6) is 0 Å². The second-order valence-electron chi connectivity index (χ2n) is 3.91. The molecular formula is C11H18N4O5. The molecular weight excluding hydrogens is 268 g/mol. The Morgan fingerprint density at radius 1 is 1.00 bits per heavy atom.